The largest absolute Gasteiger partial charge is 0.481 e. The molecule has 1 aromatic heterocycles. The van der Waals surface area contributed by atoms with Gasteiger partial charge in [-0.25, -0.2) is 4.98 Å². The number of aromatic nitrogens is 2. The Labute approximate surface area is 112 Å². The van der Waals surface area contributed by atoms with Gasteiger partial charge in [0.1, 0.15) is 5.82 Å². The van der Waals surface area contributed by atoms with E-state index in [2.05, 4.69) is 4.98 Å². The zero-order valence-electron chi connectivity index (χ0n) is 10.5. The predicted molar refractivity (Wildman–Crippen MR) is 65.0 cm³/mol. The van der Waals surface area contributed by atoms with E-state index in [0.717, 1.165) is 12.1 Å². The van der Waals surface area contributed by atoms with Gasteiger partial charge in [0.2, 0.25) is 0 Å². The van der Waals surface area contributed by atoms with Crippen LogP contribution in [0.2, 0.25) is 0 Å². The van der Waals surface area contributed by atoms with E-state index in [4.69, 9.17) is 5.11 Å². The third-order valence-corrected chi connectivity index (χ3v) is 2.89. The average molecular weight is 284 g/mol. The van der Waals surface area contributed by atoms with Crippen LogP contribution in [0.1, 0.15) is 11.3 Å². The van der Waals surface area contributed by atoms with E-state index in [9.17, 15) is 18.0 Å². The number of halogens is 3. The number of aliphatic carboxylic acids is 1. The molecule has 2 aromatic rings. The van der Waals surface area contributed by atoms with Crippen LogP contribution in [-0.4, -0.2) is 20.6 Å². The Balaban J connectivity index is 2.33. The summed E-state index contributed by atoms with van der Waals surface area (Å²) in [5.41, 5.74) is 0.241. The van der Waals surface area contributed by atoms with E-state index in [1.165, 1.54) is 18.3 Å². The van der Waals surface area contributed by atoms with Crippen molar-refractivity contribution >= 4 is 5.97 Å². The summed E-state index contributed by atoms with van der Waals surface area (Å²) >= 11 is 0. The van der Waals surface area contributed by atoms with E-state index in [1.54, 1.807) is 11.6 Å². The first-order valence-corrected chi connectivity index (χ1v) is 5.69. The van der Waals surface area contributed by atoms with E-state index < -0.39 is 17.7 Å². The molecule has 20 heavy (non-hydrogen) atoms. The van der Waals surface area contributed by atoms with Crippen LogP contribution in [-0.2, 0) is 24.4 Å². The van der Waals surface area contributed by atoms with Crippen molar-refractivity contribution in [1.82, 2.24) is 9.55 Å². The number of carboxylic acid groups (broad SMARTS) is 1. The fourth-order valence-corrected chi connectivity index (χ4v) is 1.84. The molecule has 4 nitrogen and oxygen atoms in total. The maximum absolute atomic E-state index is 12.5. The first-order valence-electron chi connectivity index (χ1n) is 5.69. The van der Waals surface area contributed by atoms with Gasteiger partial charge in [0.15, 0.2) is 0 Å². The van der Waals surface area contributed by atoms with Crippen LogP contribution in [0.25, 0.3) is 11.4 Å². The summed E-state index contributed by atoms with van der Waals surface area (Å²) in [6.07, 6.45) is -3.17. The van der Waals surface area contributed by atoms with Crippen molar-refractivity contribution in [3.8, 4) is 11.4 Å². The normalized spacial score (nSPS) is 11.6. The molecule has 1 heterocycles. The molecule has 0 saturated carbocycles. The molecule has 0 spiro atoms. The minimum Gasteiger partial charge on any atom is -0.481 e. The summed E-state index contributed by atoms with van der Waals surface area (Å²) in [6.45, 7) is 0. The molecular weight excluding hydrogens is 273 g/mol. The zero-order chi connectivity index (χ0) is 14.9. The summed E-state index contributed by atoms with van der Waals surface area (Å²) in [5.74, 6) is -0.568. The number of hydrogen-bond acceptors (Lipinski definition) is 2. The molecule has 7 heteroatoms. The molecule has 2 rings (SSSR count). The zero-order valence-corrected chi connectivity index (χ0v) is 10.5. The molecule has 106 valence electrons. The van der Waals surface area contributed by atoms with Crippen molar-refractivity contribution in [2.24, 2.45) is 7.05 Å². The number of rotatable bonds is 3. The second-order valence-corrected chi connectivity index (χ2v) is 4.28. The summed E-state index contributed by atoms with van der Waals surface area (Å²) in [5, 5.41) is 8.73. The van der Waals surface area contributed by atoms with Crippen LogP contribution in [0.3, 0.4) is 0 Å². The topological polar surface area (TPSA) is 55.1 Å². The molecule has 0 fully saturated rings. The standard InChI is InChI=1S/C13H11F3N2O2/c1-18-10(6-11(19)20)7-17-12(18)8-2-4-9(5-3-8)13(14,15)16/h2-5,7H,6H2,1H3,(H,19,20). The minimum atomic E-state index is -4.38. The first kappa shape index (κ1) is 14.1. The molecule has 0 saturated heterocycles. The van der Waals surface area contributed by atoms with Crippen LogP contribution in [0, 0.1) is 0 Å². The van der Waals surface area contributed by atoms with Crippen molar-refractivity contribution in [1.29, 1.82) is 0 Å². The SMILES string of the molecule is Cn1c(CC(=O)O)cnc1-c1ccc(C(F)(F)F)cc1. The fourth-order valence-electron chi connectivity index (χ4n) is 1.84. The van der Waals surface area contributed by atoms with Crippen LogP contribution in [0.5, 0.6) is 0 Å². The summed E-state index contributed by atoms with van der Waals surface area (Å²) in [4.78, 5) is 14.7. The van der Waals surface area contributed by atoms with Gasteiger partial charge < -0.3 is 9.67 Å². The number of imidazole rings is 1. The Morgan fingerprint density at radius 1 is 1.30 bits per heavy atom. The molecular formula is C13H11F3N2O2. The Bertz CT molecular complexity index is 630. The number of carbonyl (C=O) groups is 1. The first-order chi connectivity index (χ1) is 9.29. The molecule has 0 atom stereocenters. The smallest absolute Gasteiger partial charge is 0.416 e. The highest BCUT2D eigenvalue weighted by Crippen LogP contribution is 2.30. The quantitative estimate of drug-likeness (QED) is 0.942. The number of alkyl halides is 3. The lowest BCUT2D eigenvalue weighted by molar-refractivity contribution is -0.138. The highest BCUT2D eigenvalue weighted by molar-refractivity contribution is 5.70. The average Bonchev–Trinajstić information content (AvgIpc) is 2.69. The molecule has 1 N–H and O–H groups in total. The van der Waals surface area contributed by atoms with Crippen LogP contribution >= 0.6 is 0 Å². The Morgan fingerprint density at radius 2 is 1.90 bits per heavy atom. The van der Waals surface area contributed by atoms with Crippen molar-refractivity contribution in [3.05, 3.63) is 41.7 Å². The molecule has 0 aliphatic heterocycles. The van der Waals surface area contributed by atoms with Gasteiger partial charge >= 0.3 is 12.1 Å². The van der Waals surface area contributed by atoms with Crippen molar-refractivity contribution in [2.45, 2.75) is 12.6 Å². The Kier molecular flexibility index (Phi) is 3.52. The van der Waals surface area contributed by atoms with Crippen LogP contribution < -0.4 is 0 Å². The van der Waals surface area contributed by atoms with E-state index >= 15 is 0 Å². The third-order valence-electron chi connectivity index (χ3n) is 2.89. The second kappa shape index (κ2) is 4.99. The third kappa shape index (κ3) is 2.81. The Hall–Kier alpha value is -2.31. The van der Waals surface area contributed by atoms with Crippen molar-refractivity contribution in [3.63, 3.8) is 0 Å². The second-order valence-electron chi connectivity index (χ2n) is 4.28. The number of carboxylic acids is 1. The van der Waals surface area contributed by atoms with Gasteiger partial charge in [-0.2, -0.15) is 13.2 Å². The van der Waals surface area contributed by atoms with Gasteiger partial charge in [0, 0.05) is 24.5 Å². The highest BCUT2D eigenvalue weighted by Gasteiger charge is 2.30. The van der Waals surface area contributed by atoms with E-state index in [1.807, 2.05) is 0 Å². The minimum absolute atomic E-state index is 0.190. The van der Waals surface area contributed by atoms with Gasteiger partial charge in [-0.1, -0.05) is 12.1 Å². The maximum atomic E-state index is 12.5. The van der Waals surface area contributed by atoms with Gasteiger partial charge in [0.25, 0.3) is 0 Å². The van der Waals surface area contributed by atoms with Gasteiger partial charge in [-0.05, 0) is 12.1 Å². The monoisotopic (exact) mass is 284 g/mol. The molecule has 0 aliphatic carbocycles. The maximum Gasteiger partial charge on any atom is 0.416 e. The van der Waals surface area contributed by atoms with Crippen LogP contribution in [0.4, 0.5) is 13.2 Å². The highest BCUT2D eigenvalue weighted by atomic mass is 19.4. The van der Waals surface area contributed by atoms with Gasteiger partial charge in [-0.15, -0.1) is 0 Å². The number of nitrogens with zero attached hydrogens (tertiary/aromatic N) is 2. The van der Waals surface area contributed by atoms with Crippen molar-refractivity contribution in [2.75, 3.05) is 0 Å². The molecule has 0 aliphatic rings. The van der Waals surface area contributed by atoms with E-state index in [-0.39, 0.29) is 6.42 Å². The number of benzene rings is 1. The Morgan fingerprint density at radius 3 is 2.40 bits per heavy atom. The molecule has 0 bridgehead atoms. The fraction of sp³-hybridized carbons (Fsp3) is 0.231. The number of hydrogen-bond donors (Lipinski definition) is 1. The molecule has 0 amide bonds. The lowest BCUT2D eigenvalue weighted by Crippen LogP contribution is -2.06. The van der Waals surface area contributed by atoms with E-state index in [0.29, 0.717) is 17.1 Å². The van der Waals surface area contributed by atoms with Crippen LogP contribution in [0.15, 0.2) is 30.5 Å². The summed E-state index contributed by atoms with van der Waals surface area (Å²) in [7, 11) is 1.62. The molecule has 1 aromatic carbocycles. The predicted octanol–water partition coefficient (Wildman–Crippen LogP) is 2.73. The lowest BCUT2D eigenvalue weighted by atomic mass is 10.1. The summed E-state index contributed by atoms with van der Waals surface area (Å²) < 4.78 is 38.9. The van der Waals surface area contributed by atoms with Gasteiger partial charge in [-0.3, -0.25) is 4.79 Å². The van der Waals surface area contributed by atoms with Crippen molar-refractivity contribution < 1.29 is 23.1 Å². The van der Waals surface area contributed by atoms with Gasteiger partial charge in [0.05, 0.1) is 12.0 Å². The lowest BCUT2D eigenvalue weighted by Gasteiger charge is -2.08. The molecule has 0 radical (unpaired) electrons. The molecule has 0 unspecified atom stereocenters. The summed E-state index contributed by atoms with van der Waals surface area (Å²) in [6, 6.07) is 4.58.